The number of aryl methyl sites for hydroxylation is 1. The van der Waals surface area contributed by atoms with Gasteiger partial charge in [0.05, 0.1) is 36.5 Å². The Kier molecular flexibility index (Phi) is 10.3. The van der Waals surface area contributed by atoms with Gasteiger partial charge in [0.15, 0.2) is 0 Å². The van der Waals surface area contributed by atoms with Crippen molar-refractivity contribution in [3.8, 4) is 22.9 Å². The maximum Gasteiger partial charge on any atom is 0.222 e. The number of aliphatic hydroxyl groups excluding tert-OH is 1. The molecule has 200 valence electrons. The number of benzene rings is 3. The molecule has 0 bridgehead atoms. The molecule has 0 saturated carbocycles. The normalized spacial score (nSPS) is 12.1. The van der Waals surface area contributed by atoms with E-state index in [2.05, 4.69) is 4.90 Å². The third kappa shape index (κ3) is 7.66. The highest BCUT2D eigenvalue weighted by molar-refractivity contribution is 6.32. The Morgan fingerprint density at radius 2 is 1.66 bits per heavy atom. The third-order valence-electron chi connectivity index (χ3n) is 6.06. The van der Waals surface area contributed by atoms with E-state index in [-0.39, 0.29) is 6.61 Å². The zero-order valence-corrected chi connectivity index (χ0v) is 22.6. The average Bonchev–Trinajstić information content (AvgIpc) is 3.24. The molecule has 0 aliphatic rings. The van der Waals surface area contributed by atoms with Gasteiger partial charge in [-0.25, -0.2) is 4.68 Å². The largest absolute Gasteiger partial charge is 0.437 e. The average molecular weight is 536 g/mol. The van der Waals surface area contributed by atoms with E-state index in [9.17, 15) is 5.11 Å². The second-order valence-corrected chi connectivity index (χ2v) is 9.44. The number of rotatable bonds is 14. The van der Waals surface area contributed by atoms with Gasteiger partial charge < -0.3 is 19.3 Å². The zero-order chi connectivity index (χ0) is 26.7. The molecule has 7 nitrogen and oxygen atoms in total. The van der Waals surface area contributed by atoms with Gasteiger partial charge >= 0.3 is 0 Å². The first-order valence-electron chi connectivity index (χ1n) is 12.6. The molecule has 0 spiro atoms. The van der Waals surface area contributed by atoms with Gasteiger partial charge in [-0.1, -0.05) is 84.4 Å². The molecule has 0 amide bonds. The number of nitrogens with zero attached hydrogens (tertiary/aromatic N) is 3. The summed E-state index contributed by atoms with van der Waals surface area (Å²) in [7, 11) is 3.52. The van der Waals surface area contributed by atoms with Gasteiger partial charge in [0, 0.05) is 39.4 Å². The van der Waals surface area contributed by atoms with Gasteiger partial charge in [-0.3, -0.25) is 4.90 Å². The van der Waals surface area contributed by atoms with Crippen LogP contribution in [0.15, 0.2) is 84.9 Å². The molecule has 4 rings (SSSR count). The minimum absolute atomic E-state index is 0.222. The van der Waals surface area contributed by atoms with Crippen LogP contribution in [0.2, 0.25) is 5.02 Å². The highest BCUT2D eigenvalue weighted by atomic mass is 35.5. The number of hydrogen-bond donors (Lipinski definition) is 1. The number of para-hydroxylation sites is 1. The van der Waals surface area contributed by atoms with Gasteiger partial charge in [-0.2, -0.15) is 5.10 Å². The summed E-state index contributed by atoms with van der Waals surface area (Å²) in [4.78, 5) is 2.13. The van der Waals surface area contributed by atoms with E-state index in [4.69, 9.17) is 30.9 Å². The molecular weight excluding hydrogens is 502 g/mol. The monoisotopic (exact) mass is 535 g/mol. The molecule has 1 N–H and O–H groups in total. The summed E-state index contributed by atoms with van der Waals surface area (Å²) in [6.45, 7) is 2.68. The number of hydrogen-bond acceptors (Lipinski definition) is 6. The van der Waals surface area contributed by atoms with Crippen LogP contribution in [0.3, 0.4) is 0 Å². The molecule has 1 aromatic heterocycles. The molecule has 1 atom stereocenters. The molecule has 3 aromatic carbocycles. The molecule has 0 fully saturated rings. The van der Waals surface area contributed by atoms with Crippen LogP contribution in [0.25, 0.3) is 11.3 Å². The van der Waals surface area contributed by atoms with E-state index < -0.39 is 6.10 Å². The lowest BCUT2D eigenvalue weighted by Crippen LogP contribution is -2.36. The molecule has 0 aliphatic carbocycles. The minimum Gasteiger partial charge on any atom is -0.437 e. The van der Waals surface area contributed by atoms with Crippen molar-refractivity contribution in [3.63, 3.8) is 0 Å². The SMILES string of the molecule is COCCN(Cc1c(-c2ccccc2)nn(C)c1Oc1ccccc1Cl)C[C@@H](O)COCc1ccccc1. The lowest BCUT2D eigenvalue weighted by molar-refractivity contribution is 0.00472. The van der Waals surface area contributed by atoms with Crippen molar-refractivity contribution in [2.45, 2.75) is 19.3 Å². The van der Waals surface area contributed by atoms with Gasteiger partial charge in [-0.15, -0.1) is 0 Å². The van der Waals surface area contributed by atoms with E-state index in [1.54, 1.807) is 17.9 Å². The number of methoxy groups -OCH3 is 1. The van der Waals surface area contributed by atoms with Crippen molar-refractivity contribution in [2.75, 3.05) is 33.4 Å². The fraction of sp³-hybridized carbons (Fsp3) is 0.300. The summed E-state index contributed by atoms with van der Waals surface area (Å²) in [5.74, 6) is 1.14. The van der Waals surface area contributed by atoms with Crippen LogP contribution in [0.5, 0.6) is 11.6 Å². The Morgan fingerprint density at radius 3 is 2.37 bits per heavy atom. The molecule has 0 aliphatic heterocycles. The van der Waals surface area contributed by atoms with Crippen molar-refractivity contribution in [3.05, 3.63) is 101 Å². The van der Waals surface area contributed by atoms with Gasteiger partial charge in [0.1, 0.15) is 11.4 Å². The van der Waals surface area contributed by atoms with Crippen LogP contribution in [0.4, 0.5) is 0 Å². The van der Waals surface area contributed by atoms with E-state index in [0.29, 0.717) is 49.5 Å². The Balaban J connectivity index is 1.56. The maximum absolute atomic E-state index is 10.8. The predicted octanol–water partition coefficient (Wildman–Crippen LogP) is 5.56. The maximum atomic E-state index is 10.8. The zero-order valence-electron chi connectivity index (χ0n) is 21.8. The summed E-state index contributed by atoms with van der Waals surface area (Å²) in [6.07, 6.45) is -0.680. The number of aromatic nitrogens is 2. The highest BCUT2D eigenvalue weighted by Crippen LogP contribution is 2.36. The first-order valence-corrected chi connectivity index (χ1v) is 13.0. The molecule has 1 heterocycles. The van der Waals surface area contributed by atoms with Gasteiger partial charge in [0.2, 0.25) is 5.88 Å². The fourth-order valence-corrected chi connectivity index (χ4v) is 4.37. The first kappa shape index (κ1) is 27.8. The van der Waals surface area contributed by atoms with Crippen LogP contribution < -0.4 is 4.74 Å². The number of aliphatic hydroxyl groups is 1. The van der Waals surface area contributed by atoms with E-state index in [1.165, 1.54) is 0 Å². The summed E-state index contributed by atoms with van der Waals surface area (Å²) < 4.78 is 19.2. The summed E-state index contributed by atoms with van der Waals surface area (Å²) >= 11 is 6.41. The molecular formula is C30H34ClN3O4. The summed E-state index contributed by atoms with van der Waals surface area (Å²) in [6, 6.07) is 27.3. The lowest BCUT2D eigenvalue weighted by atomic mass is 10.1. The van der Waals surface area contributed by atoms with Gasteiger partial charge in [-0.05, 0) is 17.7 Å². The van der Waals surface area contributed by atoms with Crippen molar-refractivity contribution in [2.24, 2.45) is 7.05 Å². The predicted molar refractivity (Wildman–Crippen MR) is 149 cm³/mol. The second kappa shape index (κ2) is 14.1. The Bertz CT molecular complexity index is 1270. The molecule has 0 saturated heterocycles. The third-order valence-corrected chi connectivity index (χ3v) is 6.37. The Hall–Kier alpha value is -3.20. The highest BCUT2D eigenvalue weighted by Gasteiger charge is 2.24. The van der Waals surface area contributed by atoms with Crippen LogP contribution >= 0.6 is 11.6 Å². The van der Waals surface area contributed by atoms with Crippen molar-refractivity contribution >= 4 is 11.6 Å². The van der Waals surface area contributed by atoms with Crippen LogP contribution in [-0.4, -0.2) is 59.3 Å². The van der Waals surface area contributed by atoms with Crippen LogP contribution in [0.1, 0.15) is 11.1 Å². The van der Waals surface area contributed by atoms with Crippen molar-refractivity contribution < 1.29 is 19.3 Å². The lowest BCUT2D eigenvalue weighted by Gasteiger charge is -2.25. The van der Waals surface area contributed by atoms with Gasteiger partial charge in [0.25, 0.3) is 0 Å². The smallest absolute Gasteiger partial charge is 0.222 e. The number of halogens is 1. The van der Waals surface area contributed by atoms with Crippen molar-refractivity contribution in [1.82, 2.24) is 14.7 Å². The minimum atomic E-state index is -0.680. The Labute approximate surface area is 229 Å². The molecule has 0 radical (unpaired) electrons. The van der Waals surface area contributed by atoms with E-state index >= 15 is 0 Å². The standard InChI is InChI=1S/C30H34ClN3O4/c1-33-30(38-28-16-10-9-15-27(28)31)26(29(32-33)24-13-7-4-8-14-24)20-34(17-18-36-2)19-25(35)22-37-21-23-11-5-3-6-12-23/h3-16,25,35H,17-22H2,1-2H3/t25-/m1/s1. The number of ether oxygens (including phenoxy) is 3. The second-order valence-electron chi connectivity index (χ2n) is 9.04. The summed E-state index contributed by atoms with van der Waals surface area (Å²) in [5.41, 5.74) is 3.75. The van der Waals surface area contributed by atoms with E-state index in [0.717, 1.165) is 22.4 Å². The summed E-state index contributed by atoms with van der Waals surface area (Å²) in [5, 5.41) is 16.2. The van der Waals surface area contributed by atoms with Crippen LogP contribution in [-0.2, 0) is 29.7 Å². The molecule has 38 heavy (non-hydrogen) atoms. The molecule has 0 unspecified atom stereocenters. The van der Waals surface area contributed by atoms with Crippen molar-refractivity contribution in [1.29, 1.82) is 0 Å². The van der Waals surface area contributed by atoms with E-state index in [1.807, 2.05) is 85.9 Å². The molecule has 8 heteroatoms. The van der Waals surface area contributed by atoms with Crippen LogP contribution in [0, 0.1) is 0 Å². The quantitative estimate of drug-likeness (QED) is 0.228. The first-order chi connectivity index (χ1) is 18.5. The topological polar surface area (TPSA) is 69.0 Å². The molecule has 4 aromatic rings. The Morgan fingerprint density at radius 1 is 0.974 bits per heavy atom. The fourth-order valence-electron chi connectivity index (χ4n) is 4.20.